The summed E-state index contributed by atoms with van der Waals surface area (Å²) in [6.07, 6.45) is 0.784. The first kappa shape index (κ1) is 3.87. The lowest BCUT2D eigenvalue weighted by Gasteiger charge is -2.00. The van der Waals surface area contributed by atoms with Crippen LogP contribution in [0.3, 0.4) is 0 Å². The fourth-order valence-electron chi connectivity index (χ4n) is 1.16. The largest absolute Gasteiger partial charge is 0.368 e. The average Bonchev–Trinajstić information content (AvgIpc) is 2.33. The monoisotopic (exact) mass is 100 g/mol. The van der Waals surface area contributed by atoms with Crippen LogP contribution in [0, 0.1) is 11.8 Å². The number of rotatable bonds is 0. The summed E-state index contributed by atoms with van der Waals surface area (Å²) in [5.41, 5.74) is 0. The van der Waals surface area contributed by atoms with Gasteiger partial charge in [0.1, 0.15) is 0 Å². The molecule has 0 spiro atoms. The van der Waals surface area contributed by atoms with E-state index >= 15 is 0 Å². The maximum absolute atomic E-state index is 8.82. The van der Waals surface area contributed by atoms with Gasteiger partial charge in [-0.15, -0.1) is 0 Å². The molecule has 0 aromatic heterocycles. The van der Waals surface area contributed by atoms with Crippen LogP contribution in [0.25, 0.3) is 0 Å². The Hall–Kier alpha value is -0.0800. The molecule has 1 N–H and O–H groups in total. The molecule has 2 nitrogen and oxygen atoms in total. The molecule has 40 valence electrons. The molecular weight excluding hydrogens is 92.1 g/mol. The number of hydrogen-bond donors (Lipinski definition) is 1. The number of aliphatic hydroxyl groups is 1. The molecule has 2 heteroatoms. The van der Waals surface area contributed by atoms with Gasteiger partial charge in [0, 0.05) is 5.92 Å². The van der Waals surface area contributed by atoms with Crippen LogP contribution < -0.4 is 0 Å². The van der Waals surface area contributed by atoms with Crippen LogP contribution in [0.5, 0.6) is 0 Å². The van der Waals surface area contributed by atoms with Crippen LogP contribution in [-0.4, -0.2) is 18.0 Å². The summed E-state index contributed by atoms with van der Waals surface area (Å²) < 4.78 is 4.87. The maximum Gasteiger partial charge on any atom is 0.157 e. The normalized spacial score (nSPS) is 57.0. The van der Waals surface area contributed by atoms with Crippen LogP contribution in [0.1, 0.15) is 6.42 Å². The van der Waals surface area contributed by atoms with Crippen LogP contribution in [0.2, 0.25) is 0 Å². The van der Waals surface area contributed by atoms with Crippen molar-refractivity contribution in [1.29, 1.82) is 0 Å². The minimum Gasteiger partial charge on any atom is -0.368 e. The maximum atomic E-state index is 8.82. The number of fused-ring (bicyclic) bond motifs is 1. The van der Waals surface area contributed by atoms with Gasteiger partial charge in [0.25, 0.3) is 0 Å². The summed E-state index contributed by atoms with van der Waals surface area (Å²) in [7, 11) is 0. The molecule has 0 radical (unpaired) electrons. The van der Waals surface area contributed by atoms with E-state index in [1.54, 1.807) is 0 Å². The number of ether oxygens (including phenoxy) is 1. The SMILES string of the molecule is OC1OC[C@H]2C[C@@H]12. The summed E-state index contributed by atoms with van der Waals surface area (Å²) in [5.74, 6) is 1.23. The van der Waals surface area contributed by atoms with Gasteiger partial charge in [-0.05, 0) is 12.3 Å². The molecule has 1 aliphatic heterocycles. The molecule has 2 fully saturated rings. The number of hydrogen-bond acceptors (Lipinski definition) is 2. The Morgan fingerprint density at radius 3 is 2.57 bits per heavy atom. The van der Waals surface area contributed by atoms with E-state index in [1.807, 2.05) is 0 Å². The third kappa shape index (κ3) is 0.409. The van der Waals surface area contributed by atoms with E-state index in [0.717, 1.165) is 12.5 Å². The van der Waals surface area contributed by atoms with Gasteiger partial charge in [-0.25, -0.2) is 0 Å². The molecule has 2 aliphatic rings. The zero-order valence-electron chi connectivity index (χ0n) is 4.00. The topological polar surface area (TPSA) is 29.5 Å². The van der Waals surface area contributed by atoms with Crippen molar-refractivity contribution < 1.29 is 9.84 Å². The van der Waals surface area contributed by atoms with Crippen molar-refractivity contribution in [1.82, 2.24) is 0 Å². The zero-order chi connectivity index (χ0) is 4.85. The van der Waals surface area contributed by atoms with Gasteiger partial charge in [0.15, 0.2) is 6.29 Å². The third-order valence-corrected chi connectivity index (χ3v) is 1.82. The summed E-state index contributed by atoms with van der Waals surface area (Å²) in [5, 5.41) is 8.82. The third-order valence-electron chi connectivity index (χ3n) is 1.82. The molecule has 7 heavy (non-hydrogen) atoms. The summed E-state index contributed by atoms with van der Waals surface area (Å²) in [6.45, 7) is 0.797. The van der Waals surface area contributed by atoms with Crippen LogP contribution in [-0.2, 0) is 4.74 Å². The van der Waals surface area contributed by atoms with Crippen LogP contribution in [0.4, 0.5) is 0 Å². The van der Waals surface area contributed by atoms with Crippen molar-refractivity contribution in [2.75, 3.05) is 6.61 Å². The van der Waals surface area contributed by atoms with E-state index < -0.39 is 6.29 Å². The van der Waals surface area contributed by atoms with Gasteiger partial charge in [0.05, 0.1) is 6.61 Å². The van der Waals surface area contributed by atoms with Crippen molar-refractivity contribution in [3.63, 3.8) is 0 Å². The average molecular weight is 100 g/mol. The Labute approximate surface area is 42.1 Å². The minimum absolute atomic E-state index is 0.412. The Balaban J connectivity index is 2.08. The Bertz CT molecular complexity index is 92.1. The molecule has 1 saturated carbocycles. The highest BCUT2D eigenvalue weighted by atomic mass is 16.6. The molecule has 1 aliphatic carbocycles. The van der Waals surface area contributed by atoms with Gasteiger partial charge in [-0.3, -0.25) is 0 Å². The van der Waals surface area contributed by atoms with Crippen LogP contribution >= 0.6 is 0 Å². The second-order valence-corrected chi connectivity index (χ2v) is 2.38. The fourth-order valence-corrected chi connectivity index (χ4v) is 1.16. The van der Waals surface area contributed by atoms with Gasteiger partial charge in [0.2, 0.25) is 0 Å². The smallest absolute Gasteiger partial charge is 0.157 e. The lowest BCUT2D eigenvalue weighted by molar-refractivity contribution is -0.0818. The van der Waals surface area contributed by atoms with Crippen molar-refractivity contribution in [3.8, 4) is 0 Å². The van der Waals surface area contributed by atoms with Crippen molar-refractivity contribution in [3.05, 3.63) is 0 Å². The molecule has 1 saturated heterocycles. The standard InChI is InChI=1S/C5H8O2/c6-5-4-1-3(4)2-7-5/h3-6H,1-2H2/t3-,4-,5?/m1/s1. The molecule has 1 heterocycles. The molecule has 3 atom stereocenters. The first-order valence-electron chi connectivity index (χ1n) is 2.67. The highest BCUT2D eigenvalue weighted by Gasteiger charge is 2.48. The van der Waals surface area contributed by atoms with E-state index in [1.165, 1.54) is 6.42 Å². The quantitative estimate of drug-likeness (QED) is 0.463. The molecular formula is C5H8O2. The van der Waals surface area contributed by atoms with E-state index in [2.05, 4.69) is 0 Å². The van der Waals surface area contributed by atoms with E-state index in [4.69, 9.17) is 9.84 Å². The van der Waals surface area contributed by atoms with Crippen molar-refractivity contribution in [2.45, 2.75) is 12.7 Å². The van der Waals surface area contributed by atoms with Gasteiger partial charge in [-0.1, -0.05) is 0 Å². The molecule has 0 amide bonds. The highest BCUT2D eigenvalue weighted by Crippen LogP contribution is 2.46. The minimum atomic E-state index is -0.412. The van der Waals surface area contributed by atoms with Gasteiger partial charge in [-0.2, -0.15) is 0 Å². The molecule has 0 aromatic carbocycles. The summed E-state index contributed by atoms with van der Waals surface area (Å²) in [6, 6.07) is 0. The second kappa shape index (κ2) is 1.01. The van der Waals surface area contributed by atoms with Crippen LogP contribution in [0.15, 0.2) is 0 Å². The van der Waals surface area contributed by atoms with E-state index in [0.29, 0.717) is 5.92 Å². The lowest BCUT2D eigenvalue weighted by Crippen LogP contribution is -2.07. The number of aliphatic hydroxyl groups excluding tert-OH is 1. The van der Waals surface area contributed by atoms with Crippen molar-refractivity contribution in [2.24, 2.45) is 11.8 Å². The van der Waals surface area contributed by atoms with E-state index in [9.17, 15) is 0 Å². The second-order valence-electron chi connectivity index (χ2n) is 2.38. The Morgan fingerprint density at radius 1 is 1.57 bits per heavy atom. The lowest BCUT2D eigenvalue weighted by atomic mass is 10.4. The molecule has 0 aromatic rings. The fraction of sp³-hybridized carbons (Fsp3) is 1.00. The molecule has 1 unspecified atom stereocenters. The molecule has 2 rings (SSSR count). The van der Waals surface area contributed by atoms with Gasteiger partial charge >= 0.3 is 0 Å². The summed E-state index contributed by atoms with van der Waals surface area (Å²) >= 11 is 0. The first-order chi connectivity index (χ1) is 3.38. The van der Waals surface area contributed by atoms with Crippen molar-refractivity contribution >= 4 is 0 Å². The Morgan fingerprint density at radius 2 is 2.43 bits per heavy atom. The summed E-state index contributed by atoms with van der Waals surface area (Å²) in [4.78, 5) is 0. The highest BCUT2D eigenvalue weighted by molar-refractivity contribution is 4.92. The van der Waals surface area contributed by atoms with E-state index in [-0.39, 0.29) is 0 Å². The predicted molar refractivity (Wildman–Crippen MR) is 23.6 cm³/mol. The molecule has 0 bridgehead atoms. The Kier molecular flexibility index (Phi) is 0.557. The van der Waals surface area contributed by atoms with Gasteiger partial charge < -0.3 is 9.84 Å². The zero-order valence-corrected chi connectivity index (χ0v) is 4.00. The predicted octanol–water partition coefficient (Wildman–Crippen LogP) is -0.0289. The first-order valence-corrected chi connectivity index (χ1v) is 2.67.